The summed E-state index contributed by atoms with van der Waals surface area (Å²) in [5, 5.41) is 2.91. The zero-order valence-electron chi connectivity index (χ0n) is 20.1. The minimum atomic E-state index is -4.05. The third-order valence-electron chi connectivity index (χ3n) is 5.31. The minimum absolute atomic E-state index is 0.104. The Morgan fingerprint density at radius 1 is 1.00 bits per heavy atom. The van der Waals surface area contributed by atoms with Crippen LogP contribution in [0.2, 0.25) is 0 Å². The molecule has 0 saturated heterocycles. The summed E-state index contributed by atoms with van der Waals surface area (Å²) in [6, 6.07) is 17.4. The largest absolute Gasteiger partial charge is 0.492 e. The third kappa shape index (κ3) is 5.74. The Bertz CT molecular complexity index is 1250. The van der Waals surface area contributed by atoms with E-state index in [1.807, 2.05) is 46.1 Å². The topological polar surface area (TPSA) is 75.7 Å². The standard InChI is InChI=1S/C26H30N2O4S2/c1-6-32-24-10-8-7-9-23(24)28(34(30,31)22-13-11-21(33-5)12-14-22)17-25(29)27-26-19(3)15-18(2)16-20(26)4/h7-16H,6,17H2,1-5H3,(H,27,29). The maximum absolute atomic E-state index is 13.7. The number of hydrogen-bond donors (Lipinski definition) is 1. The summed E-state index contributed by atoms with van der Waals surface area (Å²) < 4.78 is 34.3. The van der Waals surface area contributed by atoms with Crippen LogP contribution >= 0.6 is 11.8 Å². The molecule has 3 aromatic carbocycles. The molecule has 34 heavy (non-hydrogen) atoms. The number of carbonyl (C=O) groups is 1. The molecule has 0 aliphatic carbocycles. The van der Waals surface area contributed by atoms with Gasteiger partial charge in [-0.05, 0) is 81.5 Å². The van der Waals surface area contributed by atoms with E-state index in [0.29, 0.717) is 23.7 Å². The number of benzene rings is 3. The van der Waals surface area contributed by atoms with Crippen LogP contribution in [0.25, 0.3) is 0 Å². The number of anilines is 2. The molecule has 0 fully saturated rings. The summed E-state index contributed by atoms with van der Waals surface area (Å²) >= 11 is 1.52. The van der Waals surface area contributed by atoms with Crippen LogP contribution < -0.4 is 14.4 Å². The van der Waals surface area contributed by atoms with Crippen LogP contribution in [0.5, 0.6) is 5.75 Å². The first-order valence-electron chi connectivity index (χ1n) is 10.9. The van der Waals surface area contributed by atoms with Gasteiger partial charge in [-0.3, -0.25) is 9.10 Å². The van der Waals surface area contributed by atoms with E-state index >= 15 is 0 Å². The van der Waals surface area contributed by atoms with Crippen molar-refractivity contribution in [1.29, 1.82) is 0 Å². The van der Waals surface area contributed by atoms with E-state index in [2.05, 4.69) is 5.32 Å². The van der Waals surface area contributed by atoms with Crippen LogP contribution in [-0.4, -0.2) is 33.7 Å². The number of amides is 1. The second-order valence-corrected chi connectivity index (χ2v) is 10.7. The van der Waals surface area contributed by atoms with Gasteiger partial charge in [0.25, 0.3) is 10.0 Å². The van der Waals surface area contributed by atoms with Gasteiger partial charge in [-0.1, -0.05) is 29.8 Å². The molecule has 0 aromatic heterocycles. The Hall–Kier alpha value is -2.97. The van der Waals surface area contributed by atoms with Crippen molar-refractivity contribution in [2.45, 2.75) is 37.5 Å². The van der Waals surface area contributed by atoms with Gasteiger partial charge in [0.2, 0.25) is 5.91 Å². The van der Waals surface area contributed by atoms with Crippen LogP contribution in [-0.2, 0) is 14.8 Å². The molecule has 0 spiro atoms. The number of para-hydroxylation sites is 2. The molecular weight excluding hydrogens is 468 g/mol. The van der Waals surface area contributed by atoms with Crippen molar-refractivity contribution >= 4 is 39.1 Å². The molecule has 0 saturated carbocycles. The van der Waals surface area contributed by atoms with E-state index in [0.717, 1.165) is 25.9 Å². The Morgan fingerprint density at radius 2 is 1.62 bits per heavy atom. The van der Waals surface area contributed by atoms with Gasteiger partial charge in [0.05, 0.1) is 17.2 Å². The zero-order valence-corrected chi connectivity index (χ0v) is 21.7. The fourth-order valence-electron chi connectivity index (χ4n) is 3.80. The molecule has 1 amide bonds. The molecule has 1 N–H and O–H groups in total. The summed E-state index contributed by atoms with van der Waals surface area (Å²) in [6.07, 6.45) is 1.92. The highest BCUT2D eigenvalue weighted by molar-refractivity contribution is 7.98. The lowest BCUT2D eigenvalue weighted by Gasteiger charge is -2.26. The first kappa shape index (κ1) is 25.6. The zero-order chi connectivity index (χ0) is 24.9. The van der Waals surface area contributed by atoms with E-state index < -0.39 is 22.5 Å². The second kappa shape index (κ2) is 11.0. The number of carbonyl (C=O) groups excluding carboxylic acids is 1. The Morgan fingerprint density at radius 3 is 2.21 bits per heavy atom. The molecule has 0 unspecified atom stereocenters. The van der Waals surface area contributed by atoms with Gasteiger partial charge in [-0.2, -0.15) is 0 Å². The molecule has 0 atom stereocenters. The summed E-state index contributed by atoms with van der Waals surface area (Å²) in [7, 11) is -4.05. The number of rotatable bonds is 9. The van der Waals surface area contributed by atoms with Crippen molar-refractivity contribution in [2.24, 2.45) is 0 Å². The molecule has 0 heterocycles. The lowest BCUT2D eigenvalue weighted by atomic mass is 10.1. The quantitative estimate of drug-likeness (QED) is 0.391. The number of hydrogen-bond acceptors (Lipinski definition) is 5. The Balaban J connectivity index is 2.03. The van der Waals surface area contributed by atoms with Gasteiger partial charge in [-0.15, -0.1) is 11.8 Å². The average molecular weight is 499 g/mol. The summed E-state index contributed by atoms with van der Waals surface area (Å²) in [5.41, 5.74) is 3.93. The number of aryl methyl sites for hydroxylation is 3. The van der Waals surface area contributed by atoms with Gasteiger partial charge in [0.15, 0.2) is 0 Å². The highest BCUT2D eigenvalue weighted by Crippen LogP contribution is 2.33. The van der Waals surface area contributed by atoms with Gasteiger partial charge in [0, 0.05) is 10.6 Å². The fourth-order valence-corrected chi connectivity index (χ4v) is 5.64. The van der Waals surface area contributed by atoms with Crippen LogP contribution in [0.3, 0.4) is 0 Å². The monoisotopic (exact) mass is 498 g/mol. The Labute approximate surface area is 206 Å². The van der Waals surface area contributed by atoms with Crippen molar-refractivity contribution in [3.05, 3.63) is 77.4 Å². The van der Waals surface area contributed by atoms with Crippen molar-refractivity contribution in [2.75, 3.05) is 29.0 Å². The van der Waals surface area contributed by atoms with E-state index in [9.17, 15) is 13.2 Å². The van der Waals surface area contributed by atoms with Crippen molar-refractivity contribution in [3.8, 4) is 5.75 Å². The van der Waals surface area contributed by atoms with Crippen LogP contribution in [0, 0.1) is 20.8 Å². The molecule has 180 valence electrons. The van der Waals surface area contributed by atoms with Crippen molar-refractivity contribution in [3.63, 3.8) is 0 Å². The first-order valence-corrected chi connectivity index (χ1v) is 13.6. The van der Waals surface area contributed by atoms with Gasteiger partial charge < -0.3 is 10.1 Å². The summed E-state index contributed by atoms with van der Waals surface area (Å²) in [5.74, 6) is -0.0459. The van der Waals surface area contributed by atoms with Gasteiger partial charge >= 0.3 is 0 Å². The maximum Gasteiger partial charge on any atom is 0.264 e. The lowest BCUT2D eigenvalue weighted by molar-refractivity contribution is -0.114. The lowest BCUT2D eigenvalue weighted by Crippen LogP contribution is -2.38. The molecule has 0 bridgehead atoms. The molecule has 3 aromatic rings. The molecule has 0 radical (unpaired) electrons. The molecule has 8 heteroatoms. The number of sulfonamides is 1. The van der Waals surface area contributed by atoms with Crippen molar-refractivity contribution < 1.29 is 17.9 Å². The molecule has 6 nitrogen and oxygen atoms in total. The minimum Gasteiger partial charge on any atom is -0.492 e. The average Bonchev–Trinajstić information content (AvgIpc) is 2.80. The third-order valence-corrected chi connectivity index (χ3v) is 7.83. The highest BCUT2D eigenvalue weighted by atomic mass is 32.2. The van der Waals surface area contributed by atoms with Crippen LogP contribution in [0.15, 0.2) is 70.5 Å². The molecular formula is C26H30N2O4S2. The van der Waals surface area contributed by atoms with E-state index in [4.69, 9.17) is 4.74 Å². The number of ether oxygens (including phenoxy) is 1. The van der Waals surface area contributed by atoms with Gasteiger partial charge in [0.1, 0.15) is 12.3 Å². The summed E-state index contributed by atoms with van der Waals surface area (Å²) in [6.45, 7) is 7.62. The summed E-state index contributed by atoms with van der Waals surface area (Å²) in [4.78, 5) is 14.2. The number of nitrogens with zero attached hydrogens (tertiary/aromatic N) is 1. The molecule has 0 aliphatic heterocycles. The maximum atomic E-state index is 13.7. The first-order chi connectivity index (χ1) is 16.2. The second-order valence-electron chi connectivity index (χ2n) is 7.91. The Kier molecular flexibility index (Phi) is 8.28. The van der Waals surface area contributed by atoms with Gasteiger partial charge in [-0.25, -0.2) is 8.42 Å². The SMILES string of the molecule is CCOc1ccccc1N(CC(=O)Nc1c(C)cc(C)cc1C)S(=O)(=O)c1ccc(SC)cc1. The normalized spacial score (nSPS) is 11.2. The smallest absolute Gasteiger partial charge is 0.264 e. The molecule has 0 aliphatic rings. The van der Waals surface area contributed by atoms with E-state index in [-0.39, 0.29) is 4.90 Å². The van der Waals surface area contributed by atoms with Crippen LogP contribution in [0.4, 0.5) is 11.4 Å². The predicted octanol–water partition coefficient (Wildman–Crippen LogP) is 5.57. The number of nitrogens with one attached hydrogen (secondary N) is 1. The fraction of sp³-hybridized carbons (Fsp3) is 0.269. The van der Waals surface area contributed by atoms with E-state index in [1.54, 1.807) is 48.5 Å². The van der Waals surface area contributed by atoms with Crippen LogP contribution in [0.1, 0.15) is 23.6 Å². The number of thioether (sulfide) groups is 1. The molecule has 3 rings (SSSR count). The van der Waals surface area contributed by atoms with E-state index in [1.165, 1.54) is 11.8 Å². The highest BCUT2D eigenvalue weighted by Gasteiger charge is 2.29. The van der Waals surface area contributed by atoms with Crippen molar-refractivity contribution in [1.82, 2.24) is 0 Å². The predicted molar refractivity (Wildman–Crippen MR) is 140 cm³/mol.